The first-order valence-electron chi connectivity index (χ1n) is 11.0. The van der Waals surface area contributed by atoms with E-state index in [1.807, 2.05) is 76.2 Å². The van der Waals surface area contributed by atoms with E-state index in [9.17, 15) is 14.7 Å². The number of amides is 1. The van der Waals surface area contributed by atoms with Gasteiger partial charge in [-0.15, -0.1) is 0 Å². The van der Waals surface area contributed by atoms with Crippen LogP contribution in [0.1, 0.15) is 42.1 Å². The zero-order chi connectivity index (χ0) is 23.7. The molecule has 1 fully saturated rings. The van der Waals surface area contributed by atoms with Gasteiger partial charge in [0.1, 0.15) is 11.5 Å². The molecular formula is C28H27NO4. The summed E-state index contributed by atoms with van der Waals surface area (Å²) in [5, 5.41) is 11.2. The predicted octanol–water partition coefficient (Wildman–Crippen LogP) is 5.72. The summed E-state index contributed by atoms with van der Waals surface area (Å²) in [7, 11) is 0. The number of benzene rings is 3. The highest BCUT2D eigenvalue weighted by Gasteiger charge is 2.46. The summed E-state index contributed by atoms with van der Waals surface area (Å²) >= 11 is 0. The van der Waals surface area contributed by atoms with Crippen LogP contribution in [0.3, 0.4) is 0 Å². The molecule has 33 heavy (non-hydrogen) atoms. The minimum Gasteiger partial charge on any atom is -0.507 e. The van der Waals surface area contributed by atoms with Crippen molar-refractivity contribution in [2.45, 2.75) is 39.8 Å². The average Bonchev–Trinajstić information content (AvgIpc) is 3.05. The van der Waals surface area contributed by atoms with Gasteiger partial charge in [-0.25, -0.2) is 0 Å². The molecule has 1 heterocycles. The molecule has 1 saturated heterocycles. The maximum absolute atomic E-state index is 13.2. The summed E-state index contributed by atoms with van der Waals surface area (Å²) in [6.07, 6.45) is 0.0191. The van der Waals surface area contributed by atoms with Gasteiger partial charge in [0.25, 0.3) is 11.7 Å². The Labute approximate surface area is 193 Å². The van der Waals surface area contributed by atoms with Crippen molar-refractivity contribution in [2.75, 3.05) is 4.90 Å². The van der Waals surface area contributed by atoms with Gasteiger partial charge in [-0.05, 0) is 69.7 Å². The molecule has 1 aliphatic heterocycles. The molecule has 5 nitrogen and oxygen atoms in total. The quantitative estimate of drug-likeness (QED) is 0.313. The lowest BCUT2D eigenvalue weighted by atomic mass is 9.94. The number of aliphatic hydroxyl groups is 1. The van der Waals surface area contributed by atoms with Gasteiger partial charge >= 0.3 is 0 Å². The van der Waals surface area contributed by atoms with Crippen LogP contribution in [-0.4, -0.2) is 22.9 Å². The van der Waals surface area contributed by atoms with Gasteiger partial charge in [-0.3, -0.25) is 14.5 Å². The first-order chi connectivity index (χ1) is 15.8. The van der Waals surface area contributed by atoms with Gasteiger partial charge in [0, 0.05) is 11.3 Å². The number of hydrogen-bond donors (Lipinski definition) is 1. The monoisotopic (exact) mass is 441 g/mol. The number of aliphatic hydroxyl groups excluding tert-OH is 1. The van der Waals surface area contributed by atoms with E-state index in [4.69, 9.17) is 4.74 Å². The number of ether oxygens (including phenoxy) is 1. The Kier molecular flexibility index (Phi) is 6.05. The molecule has 4 rings (SSSR count). The van der Waals surface area contributed by atoms with E-state index in [1.165, 1.54) is 4.90 Å². The maximum atomic E-state index is 13.2. The van der Waals surface area contributed by atoms with Crippen LogP contribution < -0.4 is 9.64 Å². The Morgan fingerprint density at radius 3 is 2.18 bits per heavy atom. The molecule has 168 valence electrons. The van der Waals surface area contributed by atoms with Gasteiger partial charge in [0.05, 0.1) is 17.7 Å². The van der Waals surface area contributed by atoms with Crippen molar-refractivity contribution in [1.29, 1.82) is 0 Å². The highest BCUT2D eigenvalue weighted by atomic mass is 16.5. The molecule has 0 aromatic heterocycles. The van der Waals surface area contributed by atoms with E-state index >= 15 is 0 Å². The summed E-state index contributed by atoms with van der Waals surface area (Å²) < 4.78 is 5.67. The summed E-state index contributed by atoms with van der Waals surface area (Å²) in [6.45, 7) is 7.78. The van der Waals surface area contributed by atoms with Crippen LogP contribution >= 0.6 is 0 Å². The fraction of sp³-hybridized carbons (Fsp3) is 0.214. The normalized spacial score (nSPS) is 17.6. The second-order valence-electron chi connectivity index (χ2n) is 8.61. The van der Waals surface area contributed by atoms with Crippen molar-refractivity contribution >= 4 is 23.1 Å². The minimum absolute atomic E-state index is 0.0191. The van der Waals surface area contributed by atoms with Crippen LogP contribution in [0.15, 0.2) is 78.4 Å². The molecule has 0 aliphatic carbocycles. The molecule has 1 aliphatic rings. The molecule has 1 amide bonds. The number of anilines is 1. The van der Waals surface area contributed by atoms with E-state index < -0.39 is 17.7 Å². The van der Waals surface area contributed by atoms with Gasteiger partial charge in [0.15, 0.2) is 0 Å². The number of ketones is 1. The third-order valence-electron chi connectivity index (χ3n) is 5.61. The van der Waals surface area contributed by atoms with Gasteiger partial charge in [0.2, 0.25) is 0 Å². The van der Waals surface area contributed by atoms with Gasteiger partial charge in [-0.1, -0.05) is 47.5 Å². The standard InChI is InChI=1S/C28H27NO4/c1-17(2)33-23-14-10-20(11-15-23)26(30)24-25(21-7-5-6-19(4)16-21)29(28(32)27(24)31)22-12-8-18(3)9-13-22/h5-17,25,30H,1-4H3/b26-24-. The van der Waals surface area contributed by atoms with Crippen LogP contribution in [0, 0.1) is 13.8 Å². The van der Waals surface area contributed by atoms with Crippen molar-refractivity contribution in [2.24, 2.45) is 0 Å². The second-order valence-corrected chi connectivity index (χ2v) is 8.61. The van der Waals surface area contributed by atoms with Crippen molar-refractivity contribution in [3.63, 3.8) is 0 Å². The SMILES string of the molecule is Cc1ccc(N2C(=O)C(=O)/C(=C(\O)c3ccc(OC(C)C)cc3)C2c2cccc(C)c2)cc1. The maximum Gasteiger partial charge on any atom is 0.300 e. The highest BCUT2D eigenvalue weighted by Crippen LogP contribution is 2.42. The number of hydrogen-bond acceptors (Lipinski definition) is 4. The second kappa shape index (κ2) is 8.94. The lowest BCUT2D eigenvalue weighted by molar-refractivity contribution is -0.132. The zero-order valence-corrected chi connectivity index (χ0v) is 19.2. The molecule has 1 unspecified atom stereocenters. The largest absolute Gasteiger partial charge is 0.507 e. The Bertz CT molecular complexity index is 1220. The number of carbonyl (C=O) groups is 2. The molecule has 5 heteroatoms. The Morgan fingerprint density at radius 1 is 0.909 bits per heavy atom. The number of carbonyl (C=O) groups excluding carboxylic acids is 2. The predicted molar refractivity (Wildman–Crippen MR) is 129 cm³/mol. The minimum atomic E-state index is -0.737. The van der Waals surface area contributed by atoms with Crippen LogP contribution in [0.2, 0.25) is 0 Å². The molecule has 0 spiro atoms. The molecule has 0 radical (unpaired) electrons. The first kappa shape index (κ1) is 22.3. The van der Waals surface area contributed by atoms with Crippen LogP contribution in [0.25, 0.3) is 5.76 Å². The number of Topliss-reactive ketones (excluding diaryl/α,β-unsaturated/α-hetero) is 1. The van der Waals surface area contributed by atoms with Crippen LogP contribution in [-0.2, 0) is 9.59 Å². The van der Waals surface area contributed by atoms with E-state index in [-0.39, 0.29) is 17.4 Å². The number of nitrogens with zero attached hydrogens (tertiary/aromatic N) is 1. The third-order valence-corrected chi connectivity index (χ3v) is 5.61. The Hall–Kier alpha value is -3.86. The van der Waals surface area contributed by atoms with Crippen molar-refractivity contribution < 1.29 is 19.4 Å². The average molecular weight is 442 g/mol. The third kappa shape index (κ3) is 4.40. The lowest BCUT2D eigenvalue weighted by Crippen LogP contribution is -2.29. The first-order valence-corrected chi connectivity index (χ1v) is 11.0. The van der Waals surface area contributed by atoms with Crippen molar-refractivity contribution in [3.05, 3.63) is 101 Å². The highest BCUT2D eigenvalue weighted by molar-refractivity contribution is 6.51. The molecule has 1 N–H and O–H groups in total. The van der Waals surface area contributed by atoms with E-state index in [0.717, 1.165) is 16.7 Å². The fourth-order valence-electron chi connectivity index (χ4n) is 4.08. The summed E-state index contributed by atoms with van der Waals surface area (Å²) in [4.78, 5) is 27.9. The van der Waals surface area contributed by atoms with E-state index in [0.29, 0.717) is 17.0 Å². The molecule has 0 saturated carbocycles. The molecule has 1 atom stereocenters. The van der Waals surface area contributed by atoms with Gasteiger partial charge < -0.3 is 9.84 Å². The molecule has 3 aromatic rings. The van der Waals surface area contributed by atoms with Crippen LogP contribution in [0.5, 0.6) is 5.75 Å². The summed E-state index contributed by atoms with van der Waals surface area (Å²) in [6, 6.07) is 21.2. The Morgan fingerprint density at radius 2 is 1.58 bits per heavy atom. The number of aryl methyl sites for hydroxylation is 2. The molecule has 0 bridgehead atoms. The summed E-state index contributed by atoms with van der Waals surface area (Å²) in [5.41, 5.74) is 3.93. The van der Waals surface area contributed by atoms with Crippen molar-refractivity contribution in [3.8, 4) is 5.75 Å². The fourth-order valence-corrected chi connectivity index (χ4v) is 4.08. The molecular weight excluding hydrogens is 414 g/mol. The lowest BCUT2D eigenvalue weighted by Gasteiger charge is -2.26. The van der Waals surface area contributed by atoms with Gasteiger partial charge in [-0.2, -0.15) is 0 Å². The van der Waals surface area contributed by atoms with E-state index in [2.05, 4.69) is 0 Å². The number of rotatable bonds is 5. The zero-order valence-electron chi connectivity index (χ0n) is 19.2. The smallest absolute Gasteiger partial charge is 0.300 e. The van der Waals surface area contributed by atoms with E-state index in [1.54, 1.807) is 24.3 Å². The topological polar surface area (TPSA) is 66.8 Å². The molecule has 3 aromatic carbocycles. The van der Waals surface area contributed by atoms with Crippen molar-refractivity contribution in [1.82, 2.24) is 0 Å². The Balaban J connectivity index is 1.86. The van der Waals surface area contributed by atoms with Crippen LogP contribution in [0.4, 0.5) is 5.69 Å². The summed E-state index contributed by atoms with van der Waals surface area (Å²) in [5.74, 6) is -0.906.